The Morgan fingerprint density at radius 1 is 1.27 bits per heavy atom. The second kappa shape index (κ2) is 7.70. The Hall–Kier alpha value is -3.33. The number of nitro groups is 1. The molecule has 0 fully saturated rings. The van der Waals surface area contributed by atoms with Crippen LogP contribution in [0.15, 0.2) is 53.9 Å². The summed E-state index contributed by atoms with van der Waals surface area (Å²) in [6.07, 6.45) is 0. The van der Waals surface area contributed by atoms with Crippen LogP contribution in [0.2, 0.25) is 0 Å². The number of carbonyl (C=O) groups excluding carboxylic acids is 1. The molecular formula is C17H12FN3O4S. The largest absolute Gasteiger partial charge is 0.477 e. The summed E-state index contributed by atoms with van der Waals surface area (Å²) < 4.78 is 18.5. The van der Waals surface area contributed by atoms with Crippen LogP contribution < -0.4 is 10.1 Å². The number of hydrogen-bond donors (Lipinski definition) is 1. The van der Waals surface area contributed by atoms with E-state index in [0.717, 1.165) is 0 Å². The Labute approximate surface area is 151 Å². The van der Waals surface area contributed by atoms with Gasteiger partial charge in [0, 0.05) is 17.0 Å². The molecule has 9 heteroatoms. The van der Waals surface area contributed by atoms with Crippen molar-refractivity contribution in [1.29, 1.82) is 0 Å². The maximum absolute atomic E-state index is 13.3. The molecule has 0 atom stereocenters. The lowest BCUT2D eigenvalue weighted by atomic mass is 10.2. The zero-order valence-electron chi connectivity index (χ0n) is 13.2. The van der Waals surface area contributed by atoms with Crippen molar-refractivity contribution in [2.24, 2.45) is 0 Å². The highest BCUT2D eigenvalue weighted by Gasteiger charge is 2.15. The van der Waals surface area contributed by atoms with Gasteiger partial charge < -0.3 is 4.74 Å². The Balaban J connectivity index is 1.62. The van der Waals surface area contributed by atoms with E-state index in [4.69, 9.17) is 4.74 Å². The van der Waals surface area contributed by atoms with E-state index >= 15 is 0 Å². The number of amides is 1. The van der Waals surface area contributed by atoms with Crippen LogP contribution in [0.3, 0.4) is 0 Å². The molecule has 3 aromatic rings. The summed E-state index contributed by atoms with van der Waals surface area (Å²) in [5.74, 6) is -0.880. The Morgan fingerprint density at radius 3 is 2.85 bits per heavy atom. The number of para-hydroxylation sites is 2. The predicted octanol–water partition coefficient (Wildman–Crippen LogP) is 3.87. The van der Waals surface area contributed by atoms with Crippen molar-refractivity contribution in [3.8, 4) is 17.0 Å². The normalized spacial score (nSPS) is 10.3. The number of rotatable bonds is 6. The van der Waals surface area contributed by atoms with Crippen molar-refractivity contribution < 1.29 is 18.8 Å². The van der Waals surface area contributed by atoms with E-state index in [-0.39, 0.29) is 17.3 Å². The van der Waals surface area contributed by atoms with Crippen LogP contribution in [-0.2, 0) is 4.79 Å². The molecule has 132 valence electrons. The van der Waals surface area contributed by atoms with E-state index in [1.165, 1.54) is 41.7 Å². The number of benzene rings is 2. The van der Waals surface area contributed by atoms with Gasteiger partial charge in [-0.25, -0.2) is 9.37 Å². The van der Waals surface area contributed by atoms with E-state index in [2.05, 4.69) is 10.3 Å². The second-order valence-corrected chi connectivity index (χ2v) is 5.97. The fourth-order valence-corrected chi connectivity index (χ4v) is 2.88. The molecule has 1 amide bonds. The van der Waals surface area contributed by atoms with Gasteiger partial charge >= 0.3 is 5.69 Å². The molecule has 0 aliphatic heterocycles. The molecule has 0 unspecified atom stereocenters. The molecule has 0 bridgehead atoms. The van der Waals surface area contributed by atoms with E-state index in [0.29, 0.717) is 16.4 Å². The summed E-state index contributed by atoms with van der Waals surface area (Å²) in [6.45, 7) is -0.403. The Bertz CT molecular complexity index is 960. The van der Waals surface area contributed by atoms with Gasteiger partial charge in [-0.05, 0) is 18.2 Å². The minimum absolute atomic E-state index is 0.00670. The van der Waals surface area contributed by atoms with Gasteiger partial charge in [0.15, 0.2) is 17.5 Å². The van der Waals surface area contributed by atoms with E-state index < -0.39 is 17.4 Å². The minimum atomic E-state index is -0.584. The minimum Gasteiger partial charge on any atom is -0.477 e. The summed E-state index contributed by atoms with van der Waals surface area (Å²) in [5.41, 5.74) is 0.908. The smallest absolute Gasteiger partial charge is 0.310 e. The number of thiazole rings is 1. The fourth-order valence-electron chi connectivity index (χ4n) is 2.14. The van der Waals surface area contributed by atoms with Gasteiger partial charge in [0.2, 0.25) is 0 Å². The van der Waals surface area contributed by atoms with Crippen LogP contribution in [0, 0.1) is 15.9 Å². The summed E-state index contributed by atoms with van der Waals surface area (Å²) in [4.78, 5) is 26.5. The average molecular weight is 373 g/mol. The first-order valence-corrected chi connectivity index (χ1v) is 8.28. The number of nitrogens with one attached hydrogen (secondary N) is 1. The van der Waals surface area contributed by atoms with Crippen LogP contribution >= 0.6 is 11.3 Å². The van der Waals surface area contributed by atoms with E-state index in [1.807, 2.05) is 0 Å². The third-order valence-corrected chi connectivity index (χ3v) is 4.05. The Kier molecular flexibility index (Phi) is 5.18. The van der Waals surface area contributed by atoms with Gasteiger partial charge in [0.1, 0.15) is 5.82 Å². The molecular weight excluding hydrogens is 361 g/mol. The van der Waals surface area contributed by atoms with E-state index in [1.54, 1.807) is 23.6 Å². The van der Waals surface area contributed by atoms with Crippen LogP contribution in [0.5, 0.6) is 5.75 Å². The SMILES string of the molecule is O=C(COc1ccccc1[N+](=O)[O-])Nc1nc(-c2cccc(F)c2)cs1. The zero-order chi connectivity index (χ0) is 18.5. The third kappa shape index (κ3) is 4.19. The topological polar surface area (TPSA) is 94.4 Å². The molecule has 1 heterocycles. The van der Waals surface area contributed by atoms with Gasteiger partial charge in [0.25, 0.3) is 5.91 Å². The van der Waals surface area contributed by atoms with Gasteiger partial charge in [-0.3, -0.25) is 20.2 Å². The standard InChI is InChI=1S/C17H12FN3O4S/c18-12-5-3-4-11(8-12)13-10-26-17(19-13)20-16(22)9-25-15-7-2-1-6-14(15)21(23)24/h1-8,10H,9H2,(H,19,20,22). The fraction of sp³-hybridized carbons (Fsp3) is 0.0588. The number of carbonyl (C=O) groups is 1. The number of aromatic nitrogens is 1. The molecule has 1 N–H and O–H groups in total. The molecule has 7 nitrogen and oxygen atoms in total. The molecule has 0 saturated carbocycles. The monoisotopic (exact) mass is 373 g/mol. The maximum atomic E-state index is 13.3. The summed E-state index contributed by atoms with van der Waals surface area (Å²) in [7, 11) is 0. The summed E-state index contributed by atoms with van der Waals surface area (Å²) >= 11 is 1.18. The van der Waals surface area contributed by atoms with Gasteiger partial charge in [-0.15, -0.1) is 11.3 Å². The molecule has 2 aromatic carbocycles. The van der Waals surface area contributed by atoms with Crippen LogP contribution in [0.25, 0.3) is 11.3 Å². The molecule has 0 saturated heterocycles. The predicted molar refractivity (Wildman–Crippen MR) is 94.7 cm³/mol. The van der Waals surface area contributed by atoms with Gasteiger partial charge in [0.05, 0.1) is 10.6 Å². The lowest BCUT2D eigenvalue weighted by molar-refractivity contribution is -0.385. The van der Waals surface area contributed by atoms with Gasteiger partial charge in [-0.2, -0.15) is 0 Å². The highest BCUT2D eigenvalue weighted by Crippen LogP contribution is 2.27. The highest BCUT2D eigenvalue weighted by molar-refractivity contribution is 7.14. The number of hydrogen-bond acceptors (Lipinski definition) is 6. The third-order valence-electron chi connectivity index (χ3n) is 3.29. The zero-order valence-corrected chi connectivity index (χ0v) is 14.0. The van der Waals surface area contributed by atoms with E-state index in [9.17, 15) is 19.3 Å². The number of nitro benzene ring substituents is 1. The van der Waals surface area contributed by atoms with Crippen LogP contribution in [0.4, 0.5) is 15.2 Å². The first-order valence-electron chi connectivity index (χ1n) is 7.40. The lowest BCUT2D eigenvalue weighted by Crippen LogP contribution is -2.20. The molecule has 0 aliphatic carbocycles. The summed E-state index contributed by atoms with van der Waals surface area (Å²) in [6, 6.07) is 11.7. The number of halogens is 1. The van der Waals surface area contributed by atoms with Crippen molar-refractivity contribution in [2.45, 2.75) is 0 Å². The molecule has 0 spiro atoms. The average Bonchev–Trinajstić information content (AvgIpc) is 3.08. The second-order valence-electron chi connectivity index (χ2n) is 5.11. The molecule has 0 radical (unpaired) electrons. The molecule has 3 rings (SSSR count). The first-order chi connectivity index (χ1) is 12.5. The number of ether oxygens (including phenoxy) is 1. The highest BCUT2D eigenvalue weighted by atomic mass is 32.1. The van der Waals surface area contributed by atoms with Crippen molar-refractivity contribution in [3.05, 3.63) is 69.8 Å². The number of anilines is 1. The maximum Gasteiger partial charge on any atom is 0.310 e. The Morgan fingerprint density at radius 2 is 2.08 bits per heavy atom. The molecule has 26 heavy (non-hydrogen) atoms. The van der Waals surface area contributed by atoms with Gasteiger partial charge in [-0.1, -0.05) is 24.3 Å². The van der Waals surface area contributed by atoms with Crippen LogP contribution in [0.1, 0.15) is 0 Å². The van der Waals surface area contributed by atoms with Crippen molar-refractivity contribution in [2.75, 3.05) is 11.9 Å². The van der Waals surface area contributed by atoms with Crippen molar-refractivity contribution in [1.82, 2.24) is 4.98 Å². The summed E-state index contributed by atoms with van der Waals surface area (Å²) in [5, 5.41) is 15.5. The van der Waals surface area contributed by atoms with Crippen LogP contribution in [-0.4, -0.2) is 22.4 Å². The molecule has 1 aromatic heterocycles. The van der Waals surface area contributed by atoms with Crippen molar-refractivity contribution >= 4 is 28.1 Å². The molecule has 0 aliphatic rings. The first kappa shape index (κ1) is 17.5. The lowest BCUT2D eigenvalue weighted by Gasteiger charge is -2.06. The quantitative estimate of drug-likeness (QED) is 0.523. The number of nitrogens with zero attached hydrogens (tertiary/aromatic N) is 2. The van der Waals surface area contributed by atoms with Crippen molar-refractivity contribution in [3.63, 3.8) is 0 Å².